The molecule has 23 heavy (non-hydrogen) atoms. The summed E-state index contributed by atoms with van der Waals surface area (Å²) >= 11 is 6.19. The van der Waals surface area contributed by atoms with Gasteiger partial charge in [-0.15, -0.1) is 0 Å². The van der Waals surface area contributed by atoms with Crippen molar-refractivity contribution < 1.29 is 4.42 Å². The van der Waals surface area contributed by atoms with Gasteiger partial charge in [-0.2, -0.15) is 0 Å². The molecule has 0 aromatic carbocycles. The van der Waals surface area contributed by atoms with Crippen molar-refractivity contribution in [2.45, 2.75) is 45.1 Å². The van der Waals surface area contributed by atoms with Crippen LogP contribution < -0.4 is 5.32 Å². The Labute approximate surface area is 140 Å². The largest absolute Gasteiger partial charge is 0.460 e. The maximum atomic E-state index is 6.19. The van der Waals surface area contributed by atoms with Crippen molar-refractivity contribution in [2.75, 3.05) is 5.32 Å². The number of anilines is 1. The zero-order valence-corrected chi connectivity index (χ0v) is 13.9. The van der Waals surface area contributed by atoms with Crippen LogP contribution in [0.3, 0.4) is 0 Å². The Kier molecular flexibility index (Phi) is 3.77. The number of rotatable bonds is 3. The predicted molar refractivity (Wildman–Crippen MR) is 93.1 cm³/mol. The minimum atomic E-state index is 0.484. The van der Waals surface area contributed by atoms with Crippen LogP contribution in [0.5, 0.6) is 0 Å². The molecule has 4 rings (SSSR count). The van der Waals surface area contributed by atoms with Crippen molar-refractivity contribution in [3.8, 4) is 11.5 Å². The number of furan rings is 1. The molecule has 1 aliphatic carbocycles. The van der Waals surface area contributed by atoms with Crippen LogP contribution in [0, 0.1) is 6.92 Å². The third-order valence-corrected chi connectivity index (χ3v) is 4.73. The Hall–Kier alpha value is -1.94. The average Bonchev–Trinajstić information content (AvgIpc) is 3.13. The molecular formula is C18H20ClN3O. The fraction of sp³-hybridized carbons (Fsp3) is 0.389. The summed E-state index contributed by atoms with van der Waals surface area (Å²) in [6.45, 7) is 1.95. The number of fused-ring (bicyclic) bond motifs is 1. The molecule has 0 saturated heterocycles. The molecule has 4 nitrogen and oxygen atoms in total. The Bertz CT molecular complexity index is 830. The molecule has 0 bridgehead atoms. The van der Waals surface area contributed by atoms with Crippen LogP contribution in [0.15, 0.2) is 34.9 Å². The fourth-order valence-electron chi connectivity index (χ4n) is 3.33. The molecule has 1 saturated carbocycles. The second-order valence-electron chi connectivity index (χ2n) is 6.27. The van der Waals surface area contributed by atoms with E-state index in [1.807, 2.05) is 41.8 Å². The molecule has 0 aliphatic heterocycles. The molecule has 5 heteroatoms. The van der Waals surface area contributed by atoms with Gasteiger partial charge in [-0.05, 0) is 44.0 Å². The number of aromatic nitrogens is 2. The summed E-state index contributed by atoms with van der Waals surface area (Å²) < 4.78 is 7.84. The Morgan fingerprint density at radius 3 is 2.74 bits per heavy atom. The molecule has 0 unspecified atom stereocenters. The number of imidazole rings is 1. The Morgan fingerprint density at radius 2 is 2.00 bits per heavy atom. The molecule has 3 heterocycles. The number of hydrogen-bond acceptors (Lipinski definition) is 3. The van der Waals surface area contributed by atoms with Gasteiger partial charge in [0.2, 0.25) is 0 Å². The van der Waals surface area contributed by atoms with Crippen molar-refractivity contribution in [2.24, 2.45) is 0 Å². The minimum absolute atomic E-state index is 0.484. The third-order valence-electron chi connectivity index (χ3n) is 4.50. The van der Waals surface area contributed by atoms with E-state index in [0.717, 1.165) is 28.7 Å². The lowest BCUT2D eigenvalue weighted by Crippen LogP contribution is -2.23. The van der Waals surface area contributed by atoms with E-state index in [0.29, 0.717) is 11.1 Å². The van der Waals surface area contributed by atoms with E-state index >= 15 is 0 Å². The maximum Gasteiger partial charge on any atom is 0.156 e. The van der Waals surface area contributed by atoms with Gasteiger partial charge < -0.3 is 9.73 Å². The fourth-order valence-corrected chi connectivity index (χ4v) is 3.49. The lowest BCUT2D eigenvalue weighted by Gasteiger charge is -2.24. The Morgan fingerprint density at radius 1 is 1.17 bits per heavy atom. The quantitative estimate of drug-likeness (QED) is 0.709. The van der Waals surface area contributed by atoms with Crippen molar-refractivity contribution in [3.63, 3.8) is 0 Å². The highest BCUT2D eigenvalue weighted by Crippen LogP contribution is 2.33. The monoisotopic (exact) mass is 329 g/mol. The van der Waals surface area contributed by atoms with Crippen LogP contribution in [0.4, 0.5) is 5.82 Å². The van der Waals surface area contributed by atoms with Gasteiger partial charge in [0.15, 0.2) is 5.76 Å². The summed E-state index contributed by atoms with van der Waals surface area (Å²) in [4.78, 5) is 4.75. The topological polar surface area (TPSA) is 42.5 Å². The average molecular weight is 330 g/mol. The SMILES string of the molecule is Cc1ccc(-c2nc3ccc(Cl)cn3c2NC2CCCCC2)o1. The highest BCUT2D eigenvalue weighted by Gasteiger charge is 2.21. The van der Waals surface area contributed by atoms with Crippen molar-refractivity contribution in [3.05, 3.63) is 41.2 Å². The normalized spacial score (nSPS) is 16.1. The molecule has 0 atom stereocenters. The first-order valence-electron chi connectivity index (χ1n) is 8.22. The molecule has 0 spiro atoms. The summed E-state index contributed by atoms with van der Waals surface area (Å²) in [7, 11) is 0. The standard InChI is InChI=1S/C18H20ClN3O/c1-12-7-9-15(23-12)17-18(20-14-5-3-2-4-6-14)22-11-13(19)8-10-16(22)21-17/h7-11,14,20H,2-6H2,1H3. The zero-order chi connectivity index (χ0) is 15.8. The van der Waals surface area contributed by atoms with Gasteiger partial charge in [0.25, 0.3) is 0 Å². The summed E-state index contributed by atoms with van der Waals surface area (Å²) in [5, 5.41) is 4.39. The Balaban J connectivity index is 1.81. The molecule has 0 amide bonds. The third kappa shape index (κ3) is 2.83. The first kappa shape index (κ1) is 14.6. The van der Waals surface area contributed by atoms with Gasteiger partial charge in [0, 0.05) is 12.2 Å². The maximum absolute atomic E-state index is 6.19. The highest BCUT2D eigenvalue weighted by atomic mass is 35.5. The van der Waals surface area contributed by atoms with E-state index in [2.05, 4.69) is 5.32 Å². The van der Waals surface area contributed by atoms with Crippen LogP contribution >= 0.6 is 11.6 Å². The van der Waals surface area contributed by atoms with Crippen LogP contribution in [-0.4, -0.2) is 15.4 Å². The van der Waals surface area contributed by atoms with Gasteiger partial charge >= 0.3 is 0 Å². The van der Waals surface area contributed by atoms with Crippen molar-refractivity contribution >= 4 is 23.1 Å². The lowest BCUT2D eigenvalue weighted by atomic mass is 9.95. The van der Waals surface area contributed by atoms with Crippen LogP contribution in [0.25, 0.3) is 17.1 Å². The van der Waals surface area contributed by atoms with E-state index in [4.69, 9.17) is 21.0 Å². The number of halogens is 1. The first-order valence-corrected chi connectivity index (χ1v) is 8.59. The van der Waals surface area contributed by atoms with Gasteiger partial charge in [0.05, 0.1) is 5.02 Å². The second kappa shape index (κ2) is 5.93. The number of nitrogens with zero attached hydrogens (tertiary/aromatic N) is 2. The predicted octanol–water partition coefficient (Wildman–Crippen LogP) is 5.30. The highest BCUT2D eigenvalue weighted by molar-refractivity contribution is 6.30. The van der Waals surface area contributed by atoms with Crippen LogP contribution in [-0.2, 0) is 0 Å². The van der Waals surface area contributed by atoms with Gasteiger partial charge in [-0.1, -0.05) is 30.9 Å². The first-order chi connectivity index (χ1) is 11.2. The molecule has 0 radical (unpaired) electrons. The summed E-state index contributed by atoms with van der Waals surface area (Å²) in [6.07, 6.45) is 8.21. The number of nitrogens with one attached hydrogen (secondary N) is 1. The number of pyridine rings is 1. The van der Waals surface area contributed by atoms with Crippen molar-refractivity contribution in [1.29, 1.82) is 0 Å². The zero-order valence-electron chi connectivity index (χ0n) is 13.2. The molecule has 1 N–H and O–H groups in total. The smallest absolute Gasteiger partial charge is 0.156 e. The molecular weight excluding hydrogens is 310 g/mol. The van der Waals surface area contributed by atoms with Crippen molar-refractivity contribution in [1.82, 2.24) is 9.38 Å². The van der Waals surface area contributed by atoms with Crippen LogP contribution in [0.1, 0.15) is 37.9 Å². The number of aryl methyl sites for hydroxylation is 1. The van der Waals surface area contributed by atoms with E-state index < -0.39 is 0 Å². The second-order valence-corrected chi connectivity index (χ2v) is 6.71. The van der Waals surface area contributed by atoms with E-state index in [1.54, 1.807) is 0 Å². The summed E-state index contributed by atoms with van der Waals surface area (Å²) in [5.41, 5.74) is 1.72. The van der Waals surface area contributed by atoms with Gasteiger partial charge in [0.1, 0.15) is 22.9 Å². The molecule has 3 aromatic rings. The molecule has 1 aliphatic rings. The lowest BCUT2D eigenvalue weighted by molar-refractivity contribution is 0.461. The molecule has 120 valence electrons. The van der Waals surface area contributed by atoms with Crippen LogP contribution in [0.2, 0.25) is 5.02 Å². The summed E-state index contributed by atoms with van der Waals surface area (Å²) in [6, 6.07) is 8.23. The van der Waals surface area contributed by atoms with E-state index in [-0.39, 0.29) is 0 Å². The molecule has 1 fully saturated rings. The van der Waals surface area contributed by atoms with Gasteiger partial charge in [-0.25, -0.2) is 4.98 Å². The molecule has 3 aromatic heterocycles. The minimum Gasteiger partial charge on any atom is -0.460 e. The van der Waals surface area contributed by atoms with E-state index in [9.17, 15) is 0 Å². The van der Waals surface area contributed by atoms with E-state index in [1.165, 1.54) is 32.1 Å². The number of hydrogen-bond donors (Lipinski definition) is 1. The van der Waals surface area contributed by atoms with Gasteiger partial charge in [-0.3, -0.25) is 4.40 Å². The summed E-state index contributed by atoms with van der Waals surface area (Å²) in [5.74, 6) is 2.66.